The zero-order valence-corrected chi connectivity index (χ0v) is 8.55. The van der Waals surface area contributed by atoms with Crippen LogP contribution in [-0.4, -0.2) is 62.6 Å². The van der Waals surface area contributed by atoms with E-state index in [4.69, 9.17) is 9.84 Å². The van der Waals surface area contributed by atoms with Crippen molar-refractivity contribution in [3.63, 3.8) is 0 Å². The second-order valence-electron chi connectivity index (χ2n) is 3.98. The molecule has 78 valence electrons. The van der Waals surface area contributed by atoms with Crippen LogP contribution in [0.15, 0.2) is 0 Å². The first-order valence-corrected chi connectivity index (χ1v) is 4.77. The van der Waals surface area contributed by atoms with Crippen molar-refractivity contribution < 1.29 is 9.84 Å². The molecule has 1 aliphatic rings. The zero-order chi connectivity index (χ0) is 9.73. The maximum Gasteiger partial charge on any atom is 0.0676 e. The fourth-order valence-electron chi connectivity index (χ4n) is 1.44. The van der Waals surface area contributed by atoms with Gasteiger partial charge in [0.25, 0.3) is 0 Å². The Morgan fingerprint density at radius 3 is 2.54 bits per heavy atom. The fraction of sp³-hybridized carbons (Fsp3) is 1.00. The summed E-state index contributed by atoms with van der Waals surface area (Å²) in [5.74, 6) is 0. The van der Waals surface area contributed by atoms with Gasteiger partial charge in [0, 0.05) is 19.7 Å². The summed E-state index contributed by atoms with van der Waals surface area (Å²) < 4.78 is 5.16. The van der Waals surface area contributed by atoms with Gasteiger partial charge in [-0.25, -0.2) is 0 Å². The van der Waals surface area contributed by atoms with Gasteiger partial charge >= 0.3 is 0 Å². The molecule has 0 bridgehead atoms. The number of nitrogens with one attached hydrogen (secondary N) is 1. The van der Waals surface area contributed by atoms with E-state index in [9.17, 15) is 0 Å². The lowest BCUT2D eigenvalue weighted by atomic mass is 9.93. The summed E-state index contributed by atoms with van der Waals surface area (Å²) in [7, 11) is 4.11. The van der Waals surface area contributed by atoms with Crippen LogP contribution in [-0.2, 0) is 4.74 Å². The van der Waals surface area contributed by atoms with E-state index < -0.39 is 0 Å². The first-order valence-electron chi connectivity index (χ1n) is 4.77. The number of nitrogens with zero attached hydrogens (tertiary/aromatic N) is 1. The second kappa shape index (κ2) is 4.91. The topological polar surface area (TPSA) is 44.7 Å². The summed E-state index contributed by atoms with van der Waals surface area (Å²) in [5.41, 5.74) is 0.0603. The van der Waals surface area contributed by atoms with Gasteiger partial charge in [0.05, 0.1) is 18.8 Å². The number of hydrogen-bond donors (Lipinski definition) is 2. The summed E-state index contributed by atoms with van der Waals surface area (Å²) in [5, 5.41) is 12.3. The van der Waals surface area contributed by atoms with Gasteiger partial charge < -0.3 is 20.1 Å². The van der Waals surface area contributed by atoms with Crippen LogP contribution >= 0.6 is 0 Å². The molecule has 0 radical (unpaired) electrons. The molecule has 4 heteroatoms. The molecule has 1 heterocycles. The minimum atomic E-state index is 0.0603. The number of rotatable bonds is 6. The molecule has 13 heavy (non-hydrogen) atoms. The Hall–Kier alpha value is -0.160. The SMILES string of the molecule is CN(C)CCNC1(CCO)COC1. The van der Waals surface area contributed by atoms with Crippen molar-refractivity contribution in [1.82, 2.24) is 10.2 Å². The number of aliphatic hydroxyl groups is 1. The Labute approximate surface area is 79.9 Å². The molecule has 0 aromatic carbocycles. The minimum Gasteiger partial charge on any atom is -0.396 e. The van der Waals surface area contributed by atoms with Crippen LogP contribution in [0.25, 0.3) is 0 Å². The van der Waals surface area contributed by atoms with E-state index in [0.29, 0.717) is 0 Å². The van der Waals surface area contributed by atoms with Crippen molar-refractivity contribution >= 4 is 0 Å². The lowest BCUT2D eigenvalue weighted by Gasteiger charge is -2.42. The van der Waals surface area contributed by atoms with E-state index in [1.165, 1.54) is 0 Å². The van der Waals surface area contributed by atoms with Gasteiger partial charge in [-0.3, -0.25) is 0 Å². The van der Waals surface area contributed by atoms with Crippen molar-refractivity contribution in [3.05, 3.63) is 0 Å². The molecule has 1 saturated heterocycles. The number of ether oxygens (including phenoxy) is 1. The van der Waals surface area contributed by atoms with Crippen molar-refractivity contribution in [2.24, 2.45) is 0 Å². The predicted octanol–water partition coefficient (Wildman–Crippen LogP) is -0.711. The van der Waals surface area contributed by atoms with Crippen molar-refractivity contribution in [3.8, 4) is 0 Å². The van der Waals surface area contributed by atoms with Crippen LogP contribution in [0.1, 0.15) is 6.42 Å². The molecule has 0 atom stereocenters. The van der Waals surface area contributed by atoms with Gasteiger partial charge in [-0.2, -0.15) is 0 Å². The maximum atomic E-state index is 8.87. The Morgan fingerprint density at radius 2 is 2.15 bits per heavy atom. The highest BCUT2D eigenvalue weighted by molar-refractivity contribution is 4.94. The van der Waals surface area contributed by atoms with Crippen molar-refractivity contribution in [2.75, 3.05) is 47.0 Å². The highest BCUT2D eigenvalue weighted by Crippen LogP contribution is 2.20. The third-order valence-electron chi connectivity index (χ3n) is 2.41. The molecule has 1 fully saturated rings. The monoisotopic (exact) mass is 188 g/mol. The van der Waals surface area contributed by atoms with E-state index in [1.54, 1.807) is 0 Å². The standard InChI is InChI=1S/C9H20N2O2/c1-11(2)5-4-10-9(3-6-12)7-13-8-9/h10,12H,3-8H2,1-2H3. The molecule has 1 rings (SSSR count). The van der Waals surface area contributed by atoms with Crippen molar-refractivity contribution in [2.45, 2.75) is 12.0 Å². The molecule has 0 aliphatic carbocycles. The number of likely N-dealkylation sites (N-methyl/N-ethyl adjacent to an activating group) is 1. The molecule has 0 spiro atoms. The Balaban J connectivity index is 2.16. The summed E-state index contributed by atoms with van der Waals surface area (Å²) >= 11 is 0. The first-order chi connectivity index (χ1) is 6.18. The third-order valence-corrected chi connectivity index (χ3v) is 2.41. The van der Waals surface area contributed by atoms with Gasteiger partial charge in [-0.15, -0.1) is 0 Å². The number of hydrogen-bond acceptors (Lipinski definition) is 4. The van der Waals surface area contributed by atoms with E-state index >= 15 is 0 Å². The fourth-order valence-corrected chi connectivity index (χ4v) is 1.44. The van der Waals surface area contributed by atoms with Gasteiger partial charge in [-0.05, 0) is 20.5 Å². The zero-order valence-electron chi connectivity index (χ0n) is 8.55. The Bertz CT molecular complexity index is 147. The van der Waals surface area contributed by atoms with Crippen LogP contribution in [0, 0.1) is 0 Å². The molecular formula is C9H20N2O2. The van der Waals surface area contributed by atoms with Gasteiger partial charge in [-0.1, -0.05) is 0 Å². The van der Waals surface area contributed by atoms with Gasteiger partial charge in [0.15, 0.2) is 0 Å². The van der Waals surface area contributed by atoms with Gasteiger partial charge in [0.1, 0.15) is 0 Å². The van der Waals surface area contributed by atoms with Crippen LogP contribution in [0.2, 0.25) is 0 Å². The molecule has 0 amide bonds. The van der Waals surface area contributed by atoms with Crippen molar-refractivity contribution in [1.29, 1.82) is 0 Å². The van der Waals surface area contributed by atoms with E-state index in [-0.39, 0.29) is 12.1 Å². The Kier molecular flexibility index (Phi) is 4.12. The minimum absolute atomic E-state index is 0.0603. The summed E-state index contributed by atoms with van der Waals surface area (Å²) in [4.78, 5) is 2.14. The average molecular weight is 188 g/mol. The highest BCUT2D eigenvalue weighted by Gasteiger charge is 2.37. The quantitative estimate of drug-likeness (QED) is 0.578. The second-order valence-corrected chi connectivity index (χ2v) is 3.98. The van der Waals surface area contributed by atoms with E-state index in [2.05, 4.69) is 24.3 Å². The molecule has 0 unspecified atom stereocenters. The first kappa shape index (κ1) is 10.9. The molecule has 1 aliphatic heterocycles. The van der Waals surface area contributed by atoms with Crippen LogP contribution in [0.4, 0.5) is 0 Å². The lowest BCUT2D eigenvalue weighted by molar-refractivity contribution is -0.0838. The smallest absolute Gasteiger partial charge is 0.0676 e. The van der Waals surface area contributed by atoms with E-state index in [0.717, 1.165) is 32.7 Å². The Morgan fingerprint density at radius 1 is 1.46 bits per heavy atom. The normalized spacial score (nSPS) is 20.3. The van der Waals surface area contributed by atoms with Crippen LogP contribution < -0.4 is 5.32 Å². The predicted molar refractivity (Wildman–Crippen MR) is 51.8 cm³/mol. The molecule has 0 aromatic heterocycles. The lowest BCUT2D eigenvalue weighted by Crippen LogP contribution is -2.61. The largest absolute Gasteiger partial charge is 0.396 e. The van der Waals surface area contributed by atoms with E-state index in [1.807, 2.05) is 0 Å². The number of aliphatic hydroxyl groups excluding tert-OH is 1. The maximum absolute atomic E-state index is 8.87. The molecule has 0 aromatic rings. The molecule has 4 nitrogen and oxygen atoms in total. The average Bonchev–Trinajstić information content (AvgIpc) is 1.99. The summed E-state index contributed by atoms with van der Waals surface area (Å²) in [6.07, 6.45) is 0.792. The molecular weight excluding hydrogens is 168 g/mol. The summed E-state index contributed by atoms with van der Waals surface area (Å²) in [6.45, 7) is 3.68. The van der Waals surface area contributed by atoms with Crippen LogP contribution in [0.5, 0.6) is 0 Å². The van der Waals surface area contributed by atoms with Crippen LogP contribution in [0.3, 0.4) is 0 Å². The summed E-state index contributed by atoms with van der Waals surface area (Å²) in [6, 6.07) is 0. The third kappa shape index (κ3) is 3.23. The molecule has 0 saturated carbocycles. The van der Waals surface area contributed by atoms with Gasteiger partial charge in [0.2, 0.25) is 0 Å². The highest BCUT2D eigenvalue weighted by atomic mass is 16.5. The molecule has 2 N–H and O–H groups in total.